The molecule has 0 atom stereocenters. The van der Waals surface area contributed by atoms with Gasteiger partial charge in [-0.2, -0.15) is 0 Å². The van der Waals surface area contributed by atoms with Crippen molar-refractivity contribution in [2.45, 2.75) is 0 Å². The van der Waals surface area contributed by atoms with Crippen molar-refractivity contribution in [1.82, 2.24) is 0 Å². The fourth-order valence-corrected chi connectivity index (χ4v) is 2.04. The molecule has 0 saturated carbocycles. The van der Waals surface area contributed by atoms with E-state index in [0.717, 1.165) is 11.1 Å². The first-order chi connectivity index (χ1) is 7.18. The van der Waals surface area contributed by atoms with Gasteiger partial charge in [0.2, 0.25) is 0 Å². The van der Waals surface area contributed by atoms with Crippen LogP contribution in [-0.4, -0.2) is 0 Å². The Kier molecular flexibility index (Phi) is 3.20. The molecule has 0 N–H and O–H groups in total. The van der Waals surface area contributed by atoms with Gasteiger partial charge in [-0.3, -0.25) is 0 Å². The SMILES string of the molecule is Clc1c[c]c(-c2ccccc2Cl)c(Cl)c1. The fraction of sp³-hybridized carbons (Fsp3) is 0. The molecule has 2 rings (SSSR count). The third-order valence-electron chi connectivity index (χ3n) is 2.00. The molecule has 3 heteroatoms. The molecule has 2 aromatic rings. The second-order valence-corrected chi connectivity index (χ2v) is 4.27. The van der Waals surface area contributed by atoms with Crippen LogP contribution in [0.2, 0.25) is 15.1 Å². The summed E-state index contributed by atoms with van der Waals surface area (Å²) in [6.45, 7) is 0. The maximum absolute atomic E-state index is 6.06. The monoisotopic (exact) mass is 255 g/mol. The maximum Gasteiger partial charge on any atom is 0.0505 e. The van der Waals surface area contributed by atoms with Crippen LogP contribution in [0.3, 0.4) is 0 Å². The lowest BCUT2D eigenvalue weighted by Gasteiger charge is -2.06. The number of halogens is 3. The molecule has 0 aliphatic rings. The van der Waals surface area contributed by atoms with Crippen LogP contribution in [0.25, 0.3) is 11.1 Å². The third-order valence-corrected chi connectivity index (χ3v) is 2.85. The van der Waals surface area contributed by atoms with Crippen LogP contribution < -0.4 is 0 Å². The predicted octanol–water partition coefficient (Wildman–Crippen LogP) is 5.11. The minimum absolute atomic E-state index is 0.551. The van der Waals surface area contributed by atoms with Crippen molar-refractivity contribution in [3.05, 3.63) is 57.5 Å². The van der Waals surface area contributed by atoms with Crippen LogP contribution in [0, 0.1) is 6.07 Å². The molecule has 0 saturated heterocycles. The Bertz CT molecular complexity index is 492. The van der Waals surface area contributed by atoms with E-state index in [1.54, 1.807) is 12.1 Å². The van der Waals surface area contributed by atoms with Gasteiger partial charge in [0, 0.05) is 21.2 Å². The van der Waals surface area contributed by atoms with E-state index in [-0.39, 0.29) is 0 Å². The average molecular weight is 257 g/mol. The Morgan fingerprint density at radius 2 is 1.67 bits per heavy atom. The van der Waals surface area contributed by atoms with Crippen molar-refractivity contribution in [3.8, 4) is 11.1 Å². The van der Waals surface area contributed by atoms with E-state index < -0.39 is 0 Å². The highest BCUT2D eigenvalue weighted by atomic mass is 35.5. The van der Waals surface area contributed by atoms with Gasteiger partial charge in [-0.1, -0.05) is 53.0 Å². The molecule has 0 spiro atoms. The van der Waals surface area contributed by atoms with Crippen LogP contribution >= 0.6 is 34.8 Å². The standard InChI is InChI=1S/C12H6Cl3/c13-8-5-6-10(12(15)7-8)9-3-1-2-4-11(9)14/h1-5,7H. The smallest absolute Gasteiger partial charge is 0.0505 e. The molecular weight excluding hydrogens is 250 g/mol. The zero-order valence-corrected chi connectivity index (χ0v) is 9.87. The van der Waals surface area contributed by atoms with E-state index in [2.05, 4.69) is 6.07 Å². The molecular formula is C12H6Cl3. The zero-order chi connectivity index (χ0) is 10.8. The molecule has 0 bridgehead atoms. The summed E-state index contributed by atoms with van der Waals surface area (Å²) in [7, 11) is 0. The van der Waals surface area contributed by atoms with E-state index in [1.807, 2.05) is 24.3 Å². The van der Waals surface area contributed by atoms with E-state index in [4.69, 9.17) is 34.8 Å². The van der Waals surface area contributed by atoms with Gasteiger partial charge in [0.05, 0.1) is 5.02 Å². The topological polar surface area (TPSA) is 0 Å². The fourth-order valence-electron chi connectivity index (χ4n) is 1.32. The van der Waals surface area contributed by atoms with Crippen LogP contribution in [0.4, 0.5) is 0 Å². The average Bonchev–Trinajstić information content (AvgIpc) is 2.20. The van der Waals surface area contributed by atoms with Gasteiger partial charge in [-0.05, 0) is 24.3 Å². The van der Waals surface area contributed by atoms with E-state index in [1.165, 1.54) is 0 Å². The molecule has 1 radical (unpaired) electrons. The zero-order valence-electron chi connectivity index (χ0n) is 7.60. The molecule has 15 heavy (non-hydrogen) atoms. The molecule has 0 aliphatic heterocycles. The second-order valence-electron chi connectivity index (χ2n) is 3.02. The van der Waals surface area contributed by atoms with Crippen molar-refractivity contribution in [3.63, 3.8) is 0 Å². The van der Waals surface area contributed by atoms with Gasteiger partial charge in [0.25, 0.3) is 0 Å². The summed E-state index contributed by atoms with van der Waals surface area (Å²) in [6.07, 6.45) is 0. The molecule has 2 aromatic carbocycles. The van der Waals surface area contributed by atoms with E-state index in [9.17, 15) is 0 Å². The summed E-state index contributed by atoms with van der Waals surface area (Å²) in [5.41, 5.74) is 1.63. The molecule has 0 heterocycles. The van der Waals surface area contributed by atoms with Crippen LogP contribution in [-0.2, 0) is 0 Å². The van der Waals surface area contributed by atoms with Gasteiger partial charge in [-0.25, -0.2) is 0 Å². The quantitative estimate of drug-likeness (QED) is 0.665. The van der Waals surface area contributed by atoms with Crippen molar-refractivity contribution in [1.29, 1.82) is 0 Å². The lowest BCUT2D eigenvalue weighted by molar-refractivity contribution is 1.60. The molecule has 0 unspecified atom stereocenters. The summed E-state index contributed by atoms with van der Waals surface area (Å²) >= 11 is 17.9. The highest BCUT2D eigenvalue weighted by Crippen LogP contribution is 2.33. The van der Waals surface area contributed by atoms with Crippen molar-refractivity contribution < 1.29 is 0 Å². The highest BCUT2D eigenvalue weighted by molar-refractivity contribution is 6.38. The lowest BCUT2D eigenvalue weighted by atomic mass is 10.1. The number of benzene rings is 2. The molecule has 0 nitrogen and oxygen atoms in total. The van der Waals surface area contributed by atoms with Gasteiger partial charge in [0.15, 0.2) is 0 Å². The van der Waals surface area contributed by atoms with Crippen molar-refractivity contribution in [2.75, 3.05) is 0 Å². The van der Waals surface area contributed by atoms with E-state index in [0.29, 0.717) is 15.1 Å². The number of hydrogen-bond donors (Lipinski definition) is 0. The molecule has 0 aromatic heterocycles. The van der Waals surface area contributed by atoms with Crippen molar-refractivity contribution >= 4 is 34.8 Å². The second kappa shape index (κ2) is 4.44. The largest absolute Gasteiger partial charge is 0.0843 e. The van der Waals surface area contributed by atoms with Crippen LogP contribution in [0.15, 0.2) is 36.4 Å². The van der Waals surface area contributed by atoms with Crippen LogP contribution in [0.1, 0.15) is 0 Å². The minimum Gasteiger partial charge on any atom is -0.0843 e. The first-order valence-corrected chi connectivity index (χ1v) is 5.43. The Morgan fingerprint density at radius 3 is 2.33 bits per heavy atom. The maximum atomic E-state index is 6.06. The molecule has 75 valence electrons. The molecule has 0 aliphatic carbocycles. The minimum atomic E-state index is 0.551. The summed E-state index contributed by atoms with van der Waals surface area (Å²) < 4.78 is 0. The Hall–Kier alpha value is -0.690. The summed E-state index contributed by atoms with van der Waals surface area (Å²) in [5, 5.41) is 1.77. The van der Waals surface area contributed by atoms with Crippen LogP contribution in [0.5, 0.6) is 0 Å². The Morgan fingerprint density at radius 1 is 0.933 bits per heavy atom. The normalized spacial score (nSPS) is 10.3. The van der Waals surface area contributed by atoms with Gasteiger partial charge in [-0.15, -0.1) is 0 Å². The molecule has 0 fully saturated rings. The third kappa shape index (κ3) is 2.28. The molecule has 0 amide bonds. The Labute approximate surface area is 103 Å². The summed E-state index contributed by atoms with van der Waals surface area (Å²) in [6, 6.07) is 13.9. The summed E-state index contributed by atoms with van der Waals surface area (Å²) in [4.78, 5) is 0. The lowest BCUT2D eigenvalue weighted by Crippen LogP contribution is -1.81. The van der Waals surface area contributed by atoms with E-state index >= 15 is 0 Å². The number of hydrogen-bond acceptors (Lipinski definition) is 0. The predicted molar refractivity (Wildman–Crippen MR) is 65.7 cm³/mol. The van der Waals surface area contributed by atoms with Gasteiger partial charge >= 0.3 is 0 Å². The van der Waals surface area contributed by atoms with Gasteiger partial charge in [0.1, 0.15) is 0 Å². The van der Waals surface area contributed by atoms with Crippen molar-refractivity contribution in [2.24, 2.45) is 0 Å². The Balaban J connectivity index is 2.60. The van der Waals surface area contributed by atoms with Gasteiger partial charge < -0.3 is 0 Å². The first-order valence-electron chi connectivity index (χ1n) is 4.30. The summed E-state index contributed by atoms with van der Waals surface area (Å²) in [5.74, 6) is 0. The number of rotatable bonds is 1. The highest BCUT2D eigenvalue weighted by Gasteiger charge is 2.07. The first kappa shape index (κ1) is 10.8.